The van der Waals surface area contributed by atoms with E-state index in [4.69, 9.17) is 5.11 Å². The van der Waals surface area contributed by atoms with Gasteiger partial charge in [-0.2, -0.15) is 0 Å². The lowest BCUT2D eigenvalue weighted by atomic mass is 10.1. The van der Waals surface area contributed by atoms with E-state index in [-0.39, 0.29) is 18.6 Å². The highest BCUT2D eigenvalue weighted by Crippen LogP contribution is 2.10. The number of unbranched alkanes of at least 4 members (excludes halogenated alkanes) is 1. The molecule has 0 radical (unpaired) electrons. The van der Waals surface area contributed by atoms with Crippen molar-refractivity contribution < 1.29 is 15.0 Å². The van der Waals surface area contributed by atoms with Gasteiger partial charge in [0.2, 0.25) is 5.91 Å². The van der Waals surface area contributed by atoms with E-state index in [1.54, 1.807) is 0 Å². The van der Waals surface area contributed by atoms with Crippen LogP contribution in [-0.4, -0.2) is 71.9 Å². The molecular weight excluding hydrogens is 220 g/mol. The van der Waals surface area contributed by atoms with E-state index in [1.165, 1.54) is 0 Å². The summed E-state index contributed by atoms with van der Waals surface area (Å²) in [6.45, 7) is 2.82. The van der Waals surface area contributed by atoms with E-state index in [0.717, 1.165) is 19.4 Å². The van der Waals surface area contributed by atoms with Crippen molar-refractivity contribution >= 4 is 5.91 Å². The Bertz CT molecular complexity index is 228. The van der Waals surface area contributed by atoms with Crippen LogP contribution in [0.4, 0.5) is 0 Å². The molecule has 0 aromatic rings. The third-order valence-corrected chi connectivity index (χ3v) is 3.17. The van der Waals surface area contributed by atoms with E-state index in [0.29, 0.717) is 32.5 Å². The minimum Gasteiger partial charge on any atom is -0.396 e. The third kappa shape index (κ3) is 5.48. The molecule has 1 heterocycles. The number of aliphatic hydroxyl groups excluding tert-OH is 2. The average molecular weight is 244 g/mol. The van der Waals surface area contributed by atoms with Crippen LogP contribution in [0.1, 0.15) is 25.7 Å². The quantitative estimate of drug-likeness (QED) is 0.628. The maximum atomic E-state index is 11.9. The first-order valence-electron chi connectivity index (χ1n) is 6.38. The highest BCUT2D eigenvalue weighted by atomic mass is 16.3. The molecule has 5 heteroatoms. The fourth-order valence-electron chi connectivity index (χ4n) is 2.02. The predicted molar refractivity (Wildman–Crippen MR) is 65.6 cm³/mol. The van der Waals surface area contributed by atoms with E-state index < -0.39 is 0 Å². The van der Waals surface area contributed by atoms with Crippen LogP contribution in [0.5, 0.6) is 0 Å². The van der Waals surface area contributed by atoms with Gasteiger partial charge >= 0.3 is 0 Å². The van der Waals surface area contributed by atoms with Crippen molar-refractivity contribution in [2.24, 2.45) is 0 Å². The van der Waals surface area contributed by atoms with Gasteiger partial charge in [-0.25, -0.2) is 0 Å². The third-order valence-electron chi connectivity index (χ3n) is 3.17. The van der Waals surface area contributed by atoms with Crippen molar-refractivity contribution in [2.75, 3.05) is 39.8 Å². The maximum Gasteiger partial charge on any atom is 0.236 e. The molecule has 17 heavy (non-hydrogen) atoms. The number of carbonyl (C=O) groups is 1. The van der Waals surface area contributed by atoms with Gasteiger partial charge in [0, 0.05) is 19.7 Å². The van der Waals surface area contributed by atoms with Crippen molar-refractivity contribution in [3.63, 3.8) is 0 Å². The lowest BCUT2D eigenvalue weighted by Crippen LogP contribution is -2.44. The Kier molecular flexibility index (Phi) is 6.47. The molecule has 0 unspecified atom stereocenters. The number of hydrogen-bond donors (Lipinski definition) is 2. The molecule has 0 saturated carbocycles. The number of likely N-dealkylation sites (tertiary alicyclic amines) is 1. The molecule has 1 aliphatic heterocycles. The van der Waals surface area contributed by atoms with Crippen LogP contribution in [0, 0.1) is 0 Å². The molecule has 0 aromatic carbocycles. The van der Waals surface area contributed by atoms with Gasteiger partial charge in [-0.15, -0.1) is 0 Å². The van der Waals surface area contributed by atoms with Crippen LogP contribution in [0.15, 0.2) is 0 Å². The molecule has 0 spiro atoms. The van der Waals surface area contributed by atoms with Crippen LogP contribution in [0.2, 0.25) is 0 Å². The second-order valence-electron chi connectivity index (χ2n) is 4.78. The number of amides is 1. The summed E-state index contributed by atoms with van der Waals surface area (Å²) in [6, 6.07) is 0. The second kappa shape index (κ2) is 7.63. The van der Waals surface area contributed by atoms with Gasteiger partial charge in [-0.3, -0.25) is 9.69 Å². The number of hydrogen-bond acceptors (Lipinski definition) is 4. The molecule has 0 bridgehead atoms. The number of carbonyl (C=O) groups excluding carboxylic acids is 1. The van der Waals surface area contributed by atoms with Gasteiger partial charge in [0.25, 0.3) is 0 Å². The molecule has 1 saturated heterocycles. The van der Waals surface area contributed by atoms with Crippen molar-refractivity contribution in [1.82, 2.24) is 9.80 Å². The molecule has 1 amide bonds. The Morgan fingerprint density at radius 3 is 2.59 bits per heavy atom. The summed E-state index contributed by atoms with van der Waals surface area (Å²) < 4.78 is 0. The van der Waals surface area contributed by atoms with E-state index in [1.807, 2.05) is 16.8 Å². The fourth-order valence-corrected chi connectivity index (χ4v) is 2.02. The van der Waals surface area contributed by atoms with Gasteiger partial charge in [0.1, 0.15) is 0 Å². The number of piperidine rings is 1. The Morgan fingerprint density at radius 1 is 1.35 bits per heavy atom. The van der Waals surface area contributed by atoms with Crippen molar-refractivity contribution in [2.45, 2.75) is 31.8 Å². The number of likely N-dealkylation sites (N-methyl/N-ethyl adjacent to an activating group) is 1. The zero-order chi connectivity index (χ0) is 12.7. The summed E-state index contributed by atoms with van der Waals surface area (Å²) in [4.78, 5) is 15.7. The normalized spacial score (nSPS) is 17.8. The van der Waals surface area contributed by atoms with Crippen LogP contribution >= 0.6 is 0 Å². The minimum absolute atomic E-state index is 0.142. The molecule has 5 nitrogen and oxygen atoms in total. The molecule has 2 N–H and O–H groups in total. The Morgan fingerprint density at radius 2 is 2.00 bits per heavy atom. The topological polar surface area (TPSA) is 64.0 Å². The van der Waals surface area contributed by atoms with Gasteiger partial charge in [0.05, 0.1) is 12.6 Å². The predicted octanol–water partition coefficient (Wildman–Crippen LogP) is -0.326. The molecule has 0 atom stereocenters. The Hall–Kier alpha value is -0.650. The first-order chi connectivity index (χ1) is 8.13. The SMILES string of the molecule is CN(CCCCO)CC(=O)N1CCC(O)CC1. The lowest BCUT2D eigenvalue weighted by Gasteiger charge is -2.31. The number of nitrogens with zero attached hydrogens (tertiary/aromatic N) is 2. The van der Waals surface area contributed by atoms with E-state index in [2.05, 4.69) is 0 Å². The summed E-state index contributed by atoms with van der Waals surface area (Å²) in [5.41, 5.74) is 0. The monoisotopic (exact) mass is 244 g/mol. The van der Waals surface area contributed by atoms with Crippen molar-refractivity contribution in [1.29, 1.82) is 0 Å². The molecule has 1 aliphatic rings. The average Bonchev–Trinajstić information content (AvgIpc) is 2.30. The summed E-state index contributed by atoms with van der Waals surface area (Å²) in [6.07, 6.45) is 2.86. The van der Waals surface area contributed by atoms with E-state index in [9.17, 15) is 9.90 Å². The van der Waals surface area contributed by atoms with Crippen LogP contribution < -0.4 is 0 Å². The zero-order valence-electron chi connectivity index (χ0n) is 10.6. The zero-order valence-corrected chi connectivity index (χ0v) is 10.6. The molecule has 100 valence electrons. The highest BCUT2D eigenvalue weighted by molar-refractivity contribution is 5.78. The Labute approximate surface area is 103 Å². The molecule has 0 aromatic heterocycles. The van der Waals surface area contributed by atoms with Crippen LogP contribution in [-0.2, 0) is 4.79 Å². The van der Waals surface area contributed by atoms with E-state index >= 15 is 0 Å². The summed E-state index contributed by atoms with van der Waals surface area (Å²) in [5.74, 6) is 0.142. The van der Waals surface area contributed by atoms with Crippen LogP contribution in [0.25, 0.3) is 0 Å². The highest BCUT2D eigenvalue weighted by Gasteiger charge is 2.21. The largest absolute Gasteiger partial charge is 0.396 e. The van der Waals surface area contributed by atoms with Gasteiger partial charge in [0.15, 0.2) is 0 Å². The summed E-state index contributed by atoms with van der Waals surface area (Å²) in [7, 11) is 1.92. The molecule has 0 aliphatic carbocycles. The molecular formula is C12H24N2O3. The smallest absolute Gasteiger partial charge is 0.236 e. The van der Waals surface area contributed by atoms with Gasteiger partial charge in [-0.05, 0) is 39.3 Å². The number of aliphatic hydroxyl groups is 2. The summed E-state index contributed by atoms with van der Waals surface area (Å²) in [5, 5.41) is 18.0. The standard InChI is InChI=1S/C12H24N2O3/c1-13(6-2-3-9-15)10-12(17)14-7-4-11(16)5-8-14/h11,15-16H,2-10H2,1H3. The fraction of sp³-hybridized carbons (Fsp3) is 0.917. The second-order valence-corrected chi connectivity index (χ2v) is 4.78. The van der Waals surface area contributed by atoms with Gasteiger partial charge < -0.3 is 15.1 Å². The maximum absolute atomic E-state index is 11.9. The first-order valence-corrected chi connectivity index (χ1v) is 6.38. The van der Waals surface area contributed by atoms with Crippen molar-refractivity contribution in [3.8, 4) is 0 Å². The molecule has 1 fully saturated rings. The Balaban J connectivity index is 2.19. The minimum atomic E-state index is -0.235. The lowest BCUT2D eigenvalue weighted by molar-refractivity contribution is -0.134. The summed E-state index contributed by atoms with van der Waals surface area (Å²) >= 11 is 0. The first kappa shape index (κ1) is 14.4. The molecule has 1 rings (SSSR count). The van der Waals surface area contributed by atoms with Crippen molar-refractivity contribution in [3.05, 3.63) is 0 Å². The van der Waals surface area contributed by atoms with Crippen LogP contribution in [0.3, 0.4) is 0 Å². The van der Waals surface area contributed by atoms with Gasteiger partial charge in [-0.1, -0.05) is 0 Å². The number of rotatable bonds is 6.